The highest BCUT2D eigenvalue weighted by Gasteiger charge is 2.29. The van der Waals surface area contributed by atoms with Crippen molar-refractivity contribution in [1.29, 1.82) is 0 Å². The summed E-state index contributed by atoms with van der Waals surface area (Å²) in [7, 11) is 0. The summed E-state index contributed by atoms with van der Waals surface area (Å²) in [5, 5.41) is 3.98. The van der Waals surface area contributed by atoms with Crippen LogP contribution in [0.1, 0.15) is 29.4 Å². The Hall–Kier alpha value is -2.93. The van der Waals surface area contributed by atoms with E-state index in [9.17, 15) is 4.79 Å². The van der Waals surface area contributed by atoms with Crippen LogP contribution in [0.3, 0.4) is 0 Å². The minimum atomic E-state index is -0.0474. The first-order valence-electron chi connectivity index (χ1n) is 10.3. The number of piperazine rings is 1. The summed E-state index contributed by atoms with van der Waals surface area (Å²) in [5.74, 6) is 0.853. The van der Waals surface area contributed by atoms with Crippen LogP contribution >= 0.6 is 11.5 Å². The molecule has 1 saturated heterocycles. The highest BCUT2D eigenvalue weighted by molar-refractivity contribution is 7.09. The molecule has 0 aliphatic carbocycles. The van der Waals surface area contributed by atoms with E-state index in [2.05, 4.69) is 52.7 Å². The van der Waals surface area contributed by atoms with Gasteiger partial charge in [0.1, 0.15) is 5.82 Å². The highest BCUT2D eigenvalue weighted by atomic mass is 32.1. The lowest BCUT2D eigenvalue weighted by Crippen LogP contribution is -2.55. The van der Waals surface area contributed by atoms with Crippen LogP contribution in [0.2, 0.25) is 0 Å². The van der Waals surface area contributed by atoms with E-state index in [4.69, 9.17) is 4.98 Å². The fourth-order valence-electron chi connectivity index (χ4n) is 3.67. The number of para-hydroxylation sites is 1. The highest BCUT2D eigenvalue weighted by Crippen LogP contribution is 2.23. The minimum absolute atomic E-state index is 0.0474. The number of benzene rings is 2. The number of carbonyl (C=O) groups excluding carboxylic acids is 1. The molecule has 1 fully saturated rings. The maximum absolute atomic E-state index is 12.8. The number of anilines is 2. The molecule has 2 aromatic carbocycles. The second-order valence-electron chi connectivity index (χ2n) is 7.89. The van der Waals surface area contributed by atoms with E-state index < -0.39 is 0 Å². The Kier molecular flexibility index (Phi) is 5.99. The molecule has 2 heterocycles. The smallest absolute Gasteiger partial charge is 0.322 e. The quantitative estimate of drug-likeness (QED) is 0.674. The van der Waals surface area contributed by atoms with Gasteiger partial charge in [-0.15, -0.1) is 0 Å². The van der Waals surface area contributed by atoms with Crippen LogP contribution in [0.5, 0.6) is 0 Å². The van der Waals surface area contributed by atoms with E-state index in [0.29, 0.717) is 6.54 Å². The first kappa shape index (κ1) is 20.3. The van der Waals surface area contributed by atoms with Gasteiger partial charge in [-0.05, 0) is 38.0 Å². The Morgan fingerprint density at radius 2 is 1.90 bits per heavy atom. The molecular weight excluding hydrogens is 394 g/mol. The second kappa shape index (κ2) is 8.83. The van der Waals surface area contributed by atoms with Crippen LogP contribution in [-0.4, -0.2) is 46.0 Å². The third-order valence-electron chi connectivity index (χ3n) is 5.49. The Bertz CT molecular complexity index is 1020. The number of aromatic nitrogens is 2. The molecule has 156 valence electrons. The summed E-state index contributed by atoms with van der Waals surface area (Å²) >= 11 is 1.44. The van der Waals surface area contributed by atoms with Gasteiger partial charge in [-0.3, -0.25) is 0 Å². The first-order chi connectivity index (χ1) is 14.5. The third kappa shape index (κ3) is 4.62. The number of rotatable bonds is 4. The standard InChI is InChI=1S/C23H27N5OS/c1-16-8-10-19(11-9-16)14-21-25-23(30-26-21)27-12-13-28(18(3)15-27)22(29)24-20-7-5-4-6-17(20)2/h4-11,18H,12-15H2,1-3H3,(H,24,29)/t18-/m1/s1. The van der Waals surface area contributed by atoms with Crippen molar-refractivity contribution in [3.63, 3.8) is 0 Å². The Balaban J connectivity index is 1.36. The average Bonchev–Trinajstić information content (AvgIpc) is 3.20. The molecule has 1 aromatic heterocycles. The van der Waals surface area contributed by atoms with Crippen LogP contribution in [0.15, 0.2) is 48.5 Å². The molecule has 1 N–H and O–H groups in total. The predicted molar refractivity (Wildman–Crippen MR) is 122 cm³/mol. The minimum Gasteiger partial charge on any atom is -0.343 e. The van der Waals surface area contributed by atoms with Gasteiger partial charge >= 0.3 is 6.03 Å². The van der Waals surface area contributed by atoms with Crippen LogP contribution in [-0.2, 0) is 6.42 Å². The zero-order valence-corrected chi connectivity index (χ0v) is 18.4. The summed E-state index contributed by atoms with van der Waals surface area (Å²) < 4.78 is 4.55. The average molecular weight is 422 g/mol. The molecule has 0 spiro atoms. The van der Waals surface area contributed by atoms with Gasteiger partial charge in [-0.25, -0.2) is 9.78 Å². The number of urea groups is 1. The van der Waals surface area contributed by atoms with Gasteiger partial charge in [-0.2, -0.15) is 4.37 Å². The van der Waals surface area contributed by atoms with E-state index in [1.807, 2.05) is 36.1 Å². The normalized spacial score (nSPS) is 16.6. The van der Waals surface area contributed by atoms with Crippen molar-refractivity contribution in [2.24, 2.45) is 0 Å². The van der Waals surface area contributed by atoms with Crippen LogP contribution < -0.4 is 10.2 Å². The van der Waals surface area contributed by atoms with E-state index in [1.54, 1.807) is 0 Å². The number of amides is 2. The van der Waals surface area contributed by atoms with E-state index in [1.165, 1.54) is 22.7 Å². The number of carbonyl (C=O) groups is 1. The number of nitrogens with zero attached hydrogens (tertiary/aromatic N) is 4. The molecule has 4 rings (SSSR count). The van der Waals surface area contributed by atoms with Crippen molar-refractivity contribution in [3.8, 4) is 0 Å². The van der Waals surface area contributed by atoms with Crippen LogP contribution in [0.25, 0.3) is 0 Å². The molecule has 6 nitrogen and oxygen atoms in total. The largest absolute Gasteiger partial charge is 0.343 e. The molecule has 7 heteroatoms. The van der Waals surface area contributed by atoms with Crippen molar-refractivity contribution in [2.45, 2.75) is 33.2 Å². The first-order valence-corrected chi connectivity index (χ1v) is 11.0. The number of hydrogen-bond acceptors (Lipinski definition) is 5. The number of nitrogens with one attached hydrogen (secondary N) is 1. The van der Waals surface area contributed by atoms with Gasteiger partial charge in [-0.1, -0.05) is 48.0 Å². The van der Waals surface area contributed by atoms with Crippen molar-refractivity contribution in [3.05, 3.63) is 71.0 Å². The monoisotopic (exact) mass is 421 g/mol. The zero-order valence-electron chi connectivity index (χ0n) is 17.6. The molecular formula is C23H27N5OS. The van der Waals surface area contributed by atoms with Crippen molar-refractivity contribution < 1.29 is 4.79 Å². The summed E-state index contributed by atoms with van der Waals surface area (Å²) in [6.07, 6.45) is 0.741. The zero-order chi connectivity index (χ0) is 21.1. The van der Waals surface area contributed by atoms with Gasteiger partial charge in [0.2, 0.25) is 5.13 Å². The fourth-order valence-corrected chi connectivity index (χ4v) is 4.39. The van der Waals surface area contributed by atoms with E-state index >= 15 is 0 Å². The summed E-state index contributed by atoms with van der Waals surface area (Å²) in [5.41, 5.74) is 4.40. The predicted octanol–water partition coefficient (Wildman–Crippen LogP) is 4.49. The fraction of sp³-hybridized carbons (Fsp3) is 0.348. The Labute approximate surface area is 181 Å². The summed E-state index contributed by atoms with van der Waals surface area (Å²) in [4.78, 5) is 21.7. The molecule has 30 heavy (non-hydrogen) atoms. The van der Waals surface area contributed by atoms with Gasteiger partial charge in [0.05, 0.1) is 0 Å². The molecule has 0 bridgehead atoms. The molecule has 3 aromatic rings. The van der Waals surface area contributed by atoms with Gasteiger partial charge in [0, 0.05) is 49.3 Å². The Morgan fingerprint density at radius 3 is 2.63 bits per heavy atom. The maximum Gasteiger partial charge on any atom is 0.322 e. The van der Waals surface area contributed by atoms with Crippen molar-refractivity contribution >= 4 is 28.4 Å². The SMILES string of the molecule is Cc1ccc(Cc2nsc(N3CCN(C(=O)Nc4ccccc4C)[C@H](C)C3)n2)cc1. The van der Waals surface area contributed by atoms with E-state index in [0.717, 1.165) is 41.7 Å². The third-order valence-corrected chi connectivity index (χ3v) is 6.30. The summed E-state index contributed by atoms with van der Waals surface area (Å²) in [6, 6.07) is 16.4. The van der Waals surface area contributed by atoms with Crippen molar-refractivity contribution in [1.82, 2.24) is 14.3 Å². The van der Waals surface area contributed by atoms with Crippen molar-refractivity contribution in [2.75, 3.05) is 29.9 Å². The maximum atomic E-state index is 12.8. The molecule has 1 aliphatic rings. The number of aryl methyl sites for hydroxylation is 2. The molecule has 0 unspecified atom stereocenters. The molecule has 2 amide bonds. The molecule has 0 radical (unpaired) electrons. The molecule has 1 aliphatic heterocycles. The number of hydrogen-bond donors (Lipinski definition) is 1. The second-order valence-corrected chi connectivity index (χ2v) is 8.62. The summed E-state index contributed by atoms with van der Waals surface area (Å²) in [6.45, 7) is 8.33. The van der Waals surface area contributed by atoms with Gasteiger partial charge in [0.15, 0.2) is 0 Å². The van der Waals surface area contributed by atoms with E-state index in [-0.39, 0.29) is 12.1 Å². The van der Waals surface area contributed by atoms with Crippen LogP contribution in [0, 0.1) is 13.8 Å². The Morgan fingerprint density at radius 1 is 1.13 bits per heavy atom. The van der Waals surface area contributed by atoms with Gasteiger partial charge < -0.3 is 15.1 Å². The topological polar surface area (TPSA) is 61.4 Å². The molecule has 1 atom stereocenters. The van der Waals surface area contributed by atoms with Crippen LogP contribution in [0.4, 0.5) is 15.6 Å². The lowest BCUT2D eigenvalue weighted by Gasteiger charge is -2.39. The lowest BCUT2D eigenvalue weighted by atomic mass is 10.1. The van der Waals surface area contributed by atoms with Gasteiger partial charge in [0.25, 0.3) is 0 Å². The molecule has 0 saturated carbocycles. The lowest BCUT2D eigenvalue weighted by molar-refractivity contribution is 0.185.